The largest absolute Gasteiger partial charge is 0.377 e. The van der Waals surface area contributed by atoms with E-state index in [1.165, 1.54) is 0 Å². The topological polar surface area (TPSA) is 151 Å². The Labute approximate surface area is 205 Å². The molecular weight excluding hydrogens is 524 g/mol. The van der Waals surface area contributed by atoms with E-state index in [-0.39, 0.29) is 18.0 Å². The van der Waals surface area contributed by atoms with Crippen LogP contribution in [0, 0.1) is 11.6 Å². The summed E-state index contributed by atoms with van der Waals surface area (Å²) in [4.78, 5) is 16.2. The van der Waals surface area contributed by atoms with Gasteiger partial charge in [0, 0.05) is 17.9 Å². The monoisotopic (exact) mass is 542 g/mol. The fourth-order valence-electron chi connectivity index (χ4n) is 3.51. The molecular formula is C20H18F4N8O4S. The lowest BCUT2D eigenvalue weighted by Gasteiger charge is -2.35. The van der Waals surface area contributed by atoms with E-state index in [2.05, 4.69) is 25.6 Å². The molecule has 0 fully saturated rings. The number of alkyl halides is 2. The van der Waals surface area contributed by atoms with E-state index in [1.807, 2.05) is 0 Å². The number of rotatable bonds is 9. The third kappa shape index (κ3) is 5.12. The van der Waals surface area contributed by atoms with Gasteiger partial charge in [-0.1, -0.05) is 0 Å². The summed E-state index contributed by atoms with van der Waals surface area (Å²) in [6.45, 7) is -1.24. The molecule has 0 aliphatic rings. The summed E-state index contributed by atoms with van der Waals surface area (Å²) in [7, 11) is -3.37. The van der Waals surface area contributed by atoms with Crippen LogP contribution in [0.2, 0.25) is 0 Å². The zero-order chi connectivity index (χ0) is 27.0. The van der Waals surface area contributed by atoms with Gasteiger partial charge in [-0.15, -0.1) is 5.10 Å². The van der Waals surface area contributed by atoms with Gasteiger partial charge >= 0.3 is 11.6 Å². The molecule has 37 heavy (non-hydrogen) atoms. The van der Waals surface area contributed by atoms with E-state index in [1.54, 1.807) is 0 Å². The van der Waals surface area contributed by atoms with Gasteiger partial charge in [-0.25, -0.2) is 35.9 Å². The predicted molar refractivity (Wildman–Crippen MR) is 117 cm³/mol. The number of tetrazole rings is 1. The van der Waals surface area contributed by atoms with Crippen LogP contribution in [0.15, 0.2) is 54.0 Å². The summed E-state index contributed by atoms with van der Waals surface area (Å²) in [5.74, 6) is -7.09. The Balaban J connectivity index is 1.71. The van der Waals surface area contributed by atoms with E-state index >= 15 is 8.78 Å². The molecule has 1 N–H and O–H groups in total. The normalized spacial score (nSPS) is 14.0. The van der Waals surface area contributed by atoms with Gasteiger partial charge < -0.3 is 5.11 Å². The van der Waals surface area contributed by atoms with Gasteiger partial charge in [0.2, 0.25) is 0 Å². The molecule has 1 atom stereocenters. The van der Waals surface area contributed by atoms with Crippen LogP contribution in [0.4, 0.5) is 17.6 Å². The first-order valence-electron chi connectivity index (χ1n) is 10.4. The maximum Gasteiger partial charge on any atom is 0.350 e. The van der Waals surface area contributed by atoms with Crippen molar-refractivity contribution in [1.29, 1.82) is 0 Å². The lowest BCUT2D eigenvalue weighted by molar-refractivity contribution is -0.207. The number of halogens is 4. The summed E-state index contributed by atoms with van der Waals surface area (Å²) in [6.07, 6.45) is 3.87. The van der Waals surface area contributed by atoms with Crippen molar-refractivity contribution in [3.63, 3.8) is 0 Å². The third-order valence-corrected chi connectivity index (χ3v) is 6.36. The molecule has 17 heteroatoms. The van der Waals surface area contributed by atoms with Crippen LogP contribution in [0.25, 0.3) is 5.69 Å². The van der Waals surface area contributed by atoms with E-state index in [9.17, 15) is 27.1 Å². The average molecular weight is 542 g/mol. The van der Waals surface area contributed by atoms with Crippen molar-refractivity contribution in [1.82, 2.24) is 39.5 Å². The number of hydrogen-bond acceptors (Lipinski definition) is 9. The lowest BCUT2D eigenvalue weighted by Crippen LogP contribution is -2.48. The maximum atomic E-state index is 15.8. The molecule has 12 nitrogen and oxygen atoms in total. The summed E-state index contributed by atoms with van der Waals surface area (Å²) in [5.41, 5.74) is -5.99. The second-order valence-electron chi connectivity index (χ2n) is 8.10. The Kier molecular flexibility index (Phi) is 6.68. The number of pyridine rings is 1. The molecule has 0 aliphatic carbocycles. The van der Waals surface area contributed by atoms with Crippen molar-refractivity contribution >= 4 is 9.84 Å². The fourth-order valence-corrected chi connectivity index (χ4v) is 4.02. The highest BCUT2D eigenvalue weighted by atomic mass is 32.2. The van der Waals surface area contributed by atoms with Gasteiger partial charge in [-0.3, -0.25) is 4.98 Å². The second-order valence-corrected chi connectivity index (χ2v) is 10.4. The Morgan fingerprint density at radius 2 is 1.86 bits per heavy atom. The Morgan fingerprint density at radius 1 is 1.11 bits per heavy atom. The maximum absolute atomic E-state index is 15.8. The molecule has 4 rings (SSSR count). The highest BCUT2D eigenvalue weighted by Crippen LogP contribution is 2.46. The average Bonchev–Trinajstić information content (AvgIpc) is 3.46. The summed E-state index contributed by atoms with van der Waals surface area (Å²) in [6, 6.07) is 3.63. The van der Waals surface area contributed by atoms with E-state index in [4.69, 9.17) is 0 Å². The van der Waals surface area contributed by atoms with Crippen LogP contribution in [0.3, 0.4) is 0 Å². The van der Waals surface area contributed by atoms with Crippen molar-refractivity contribution in [3.05, 3.63) is 82.6 Å². The van der Waals surface area contributed by atoms with Crippen LogP contribution in [0.1, 0.15) is 11.3 Å². The highest BCUT2D eigenvalue weighted by molar-refractivity contribution is 7.90. The molecule has 0 saturated carbocycles. The first kappa shape index (κ1) is 26.1. The van der Waals surface area contributed by atoms with Gasteiger partial charge in [0.05, 0.1) is 30.7 Å². The number of aromatic nitrogens is 8. The number of hydrogen-bond donors (Lipinski definition) is 1. The number of aryl methyl sites for hydroxylation is 1. The quantitative estimate of drug-likeness (QED) is 0.297. The molecule has 0 amide bonds. The zero-order valence-electron chi connectivity index (χ0n) is 18.9. The Bertz CT molecular complexity index is 1570. The Morgan fingerprint density at radius 3 is 2.46 bits per heavy atom. The lowest BCUT2D eigenvalue weighted by atomic mass is 9.84. The SMILES string of the molecule is CS(=O)(=O)CCn1ncn(-c2ccc(C(F)(F)C(O)(Cn3cnnn3)c3ccc(F)cc3F)nc2)c1=O. The second kappa shape index (κ2) is 9.47. The first-order chi connectivity index (χ1) is 17.3. The van der Waals surface area contributed by atoms with E-state index in [0.29, 0.717) is 18.2 Å². The van der Waals surface area contributed by atoms with E-state index < -0.39 is 56.5 Å². The van der Waals surface area contributed by atoms with Crippen LogP contribution >= 0.6 is 0 Å². The summed E-state index contributed by atoms with van der Waals surface area (Å²) >= 11 is 0. The summed E-state index contributed by atoms with van der Waals surface area (Å²) in [5, 5.41) is 25.0. The fraction of sp³-hybridized carbons (Fsp3) is 0.300. The van der Waals surface area contributed by atoms with Crippen LogP contribution in [0.5, 0.6) is 0 Å². The smallest absolute Gasteiger partial charge is 0.350 e. The zero-order valence-corrected chi connectivity index (χ0v) is 19.7. The van der Waals surface area contributed by atoms with Crippen LogP contribution < -0.4 is 5.69 Å². The first-order valence-corrected chi connectivity index (χ1v) is 12.4. The number of benzene rings is 1. The molecule has 0 aliphatic heterocycles. The highest BCUT2D eigenvalue weighted by Gasteiger charge is 2.58. The van der Waals surface area contributed by atoms with Crippen LogP contribution in [-0.4, -0.2) is 65.1 Å². The standard InChI is InChI=1S/C20H18F4N8O4S/c1-37(35,36)7-6-32-18(33)31(12-27-32)14-3-5-17(25-9-14)20(23,24)19(34,10-30-11-26-28-29-30)15-4-2-13(21)8-16(15)22/h2-5,8-9,11-12,34H,6-7,10H2,1H3. The Hall–Kier alpha value is -3.99. The number of aliphatic hydroxyl groups is 1. The van der Waals surface area contributed by atoms with Gasteiger partial charge in [0.25, 0.3) is 0 Å². The number of sulfone groups is 1. The van der Waals surface area contributed by atoms with Gasteiger partial charge in [0.15, 0.2) is 5.60 Å². The van der Waals surface area contributed by atoms with Crippen molar-refractivity contribution in [2.45, 2.75) is 24.6 Å². The molecule has 196 valence electrons. The van der Waals surface area contributed by atoms with Gasteiger partial charge in [-0.05, 0) is 34.7 Å². The van der Waals surface area contributed by atoms with Crippen molar-refractivity contribution in [2.24, 2.45) is 0 Å². The minimum absolute atomic E-state index is 0.00661. The van der Waals surface area contributed by atoms with Gasteiger partial charge in [0.1, 0.15) is 39.8 Å². The minimum Gasteiger partial charge on any atom is -0.377 e. The molecule has 0 spiro atoms. The molecule has 3 heterocycles. The molecule has 0 bridgehead atoms. The van der Waals surface area contributed by atoms with E-state index in [0.717, 1.165) is 51.2 Å². The molecule has 1 unspecified atom stereocenters. The molecule has 1 aromatic carbocycles. The molecule has 4 aromatic rings. The van der Waals surface area contributed by atoms with Crippen LogP contribution in [-0.2, 0) is 34.5 Å². The molecule has 0 saturated heterocycles. The van der Waals surface area contributed by atoms with Crippen molar-refractivity contribution in [2.75, 3.05) is 12.0 Å². The van der Waals surface area contributed by atoms with Crippen molar-refractivity contribution in [3.8, 4) is 5.69 Å². The predicted octanol–water partition coefficient (Wildman–Crippen LogP) is 0.418. The number of nitrogens with zero attached hydrogens (tertiary/aromatic N) is 8. The summed E-state index contributed by atoms with van der Waals surface area (Å²) < 4.78 is 84.9. The molecule has 3 aromatic heterocycles. The third-order valence-electron chi connectivity index (χ3n) is 5.43. The minimum atomic E-state index is -4.28. The van der Waals surface area contributed by atoms with Crippen molar-refractivity contribution < 1.29 is 31.1 Å². The molecule has 0 radical (unpaired) electrons. The van der Waals surface area contributed by atoms with Gasteiger partial charge in [-0.2, -0.15) is 13.9 Å².